The molecule has 0 fully saturated rings. The van der Waals surface area contributed by atoms with Crippen LogP contribution in [0.15, 0.2) is 24.5 Å². The largest absolute Gasteiger partial charge is 0.476 e. The Morgan fingerprint density at radius 2 is 2.30 bits per heavy atom. The Morgan fingerprint density at radius 3 is 3.05 bits per heavy atom. The van der Waals surface area contributed by atoms with Gasteiger partial charge in [-0.3, -0.25) is 4.98 Å². The molecule has 2 aromatic rings. The number of carboxylic acids is 1. The predicted octanol–water partition coefficient (Wildman–Crippen LogP) is 0.806. The lowest BCUT2D eigenvalue weighted by Gasteiger charge is -2.18. The Labute approximate surface area is 115 Å². The second-order valence-corrected chi connectivity index (χ2v) is 4.68. The van der Waals surface area contributed by atoms with Crippen LogP contribution < -0.4 is 5.32 Å². The molecule has 3 rings (SSSR count). The molecule has 3 heterocycles. The van der Waals surface area contributed by atoms with Crippen LogP contribution in [0.2, 0.25) is 0 Å². The third-order valence-electron chi connectivity index (χ3n) is 3.27. The molecule has 0 saturated carbocycles. The molecule has 0 amide bonds. The van der Waals surface area contributed by atoms with Crippen molar-refractivity contribution in [2.75, 3.05) is 6.54 Å². The van der Waals surface area contributed by atoms with Gasteiger partial charge in [-0.2, -0.15) is 0 Å². The summed E-state index contributed by atoms with van der Waals surface area (Å²) in [5.74, 6) is -0.462. The van der Waals surface area contributed by atoms with Crippen LogP contribution in [0.25, 0.3) is 0 Å². The number of fused-ring (bicyclic) bond motifs is 1. The molecule has 1 aliphatic heterocycles. The van der Waals surface area contributed by atoms with Crippen molar-refractivity contribution in [2.24, 2.45) is 0 Å². The van der Waals surface area contributed by atoms with Gasteiger partial charge in [-0.1, -0.05) is 6.07 Å². The van der Waals surface area contributed by atoms with E-state index in [-0.39, 0.29) is 5.69 Å². The van der Waals surface area contributed by atoms with Crippen molar-refractivity contribution in [2.45, 2.75) is 19.4 Å². The normalized spacial score (nSPS) is 13.8. The van der Waals surface area contributed by atoms with Crippen LogP contribution in [0.1, 0.15) is 33.1 Å². The van der Waals surface area contributed by atoms with Gasteiger partial charge in [0.2, 0.25) is 0 Å². The van der Waals surface area contributed by atoms with Crippen LogP contribution in [0.4, 0.5) is 0 Å². The molecule has 6 heteroatoms. The summed E-state index contributed by atoms with van der Waals surface area (Å²) in [5, 5.41) is 12.5. The number of carboxylic acid groups (broad SMARTS) is 1. The summed E-state index contributed by atoms with van der Waals surface area (Å²) in [6, 6.07) is 3.77. The summed E-state index contributed by atoms with van der Waals surface area (Å²) in [4.78, 5) is 24.1. The molecule has 0 unspecified atom stereocenters. The minimum atomic E-state index is -1.00. The molecule has 0 atom stereocenters. The average Bonchev–Trinajstić information content (AvgIpc) is 2.47. The second kappa shape index (κ2) is 5.34. The number of pyridine rings is 1. The van der Waals surface area contributed by atoms with E-state index >= 15 is 0 Å². The Balaban J connectivity index is 2.00. The molecule has 20 heavy (non-hydrogen) atoms. The van der Waals surface area contributed by atoms with Crippen LogP contribution in [-0.4, -0.2) is 32.6 Å². The molecule has 1 aliphatic rings. The van der Waals surface area contributed by atoms with Crippen molar-refractivity contribution in [3.05, 3.63) is 52.9 Å². The monoisotopic (exact) mass is 270 g/mol. The fourth-order valence-electron chi connectivity index (χ4n) is 2.34. The van der Waals surface area contributed by atoms with Gasteiger partial charge in [0, 0.05) is 43.9 Å². The highest BCUT2D eigenvalue weighted by Crippen LogP contribution is 2.17. The van der Waals surface area contributed by atoms with Crippen LogP contribution in [0.3, 0.4) is 0 Å². The molecule has 6 nitrogen and oxygen atoms in total. The summed E-state index contributed by atoms with van der Waals surface area (Å²) in [7, 11) is 0. The first-order valence-electron chi connectivity index (χ1n) is 6.45. The Hall–Kier alpha value is -2.34. The summed E-state index contributed by atoms with van der Waals surface area (Å²) < 4.78 is 0. The van der Waals surface area contributed by atoms with Gasteiger partial charge < -0.3 is 10.4 Å². The smallest absolute Gasteiger partial charge is 0.354 e. The van der Waals surface area contributed by atoms with E-state index in [1.54, 1.807) is 12.4 Å². The molecular formula is C14H14N4O2. The van der Waals surface area contributed by atoms with Gasteiger partial charge in [0.15, 0.2) is 5.69 Å². The van der Waals surface area contributed by atoms with Gasteiger partial charge in [0.25, 0.3) is 0 Å². The molecule has 0 radical (unpaired) electrons. The van der Waals surface area contributed by atoms with E-state index in [2.05, 4.69) is 20.3 Å². The fourth-order valence-corrected chi connectivity index (χ4v) is 2.34. The van der Waals surface area contributed by atoms with Gasteiger partial charge in [-0.05, 0) is 11.6 Å². The summed E-state index contributed by atoms with van der Waals surface area (Å²) in [6.07, 6.45) is 4.67. The Bertz CT molecular complexity index is 643. The highest BCUT2D eigenvalue weighted by Gasteiger charge is 2.21. The van der Waals surface area contributed by atoms with Crippen LogP contribution >= 0.6 is 0 Å². The van der Waals surface area contributed by atoms with Gasteiger partial charge in [0.05, 0.1) is 5.69 Å². The lowest BCUT2D eigenvalue weighted by Crippen LogP contribution is -2.28. The number of nitrogens with zero attached hydrogens (tertiary/aromatic N) is 3. The minimum Gasteiger partial charge on any atom is -0.476 e. The van der Waals surface area contributed by atoms with Gasteiger partial charge in [0.1, 0.15) is 5.82 Å². The third-order valence-corrected chi connectivity index (χ3v) is 3.27. The fraction of sp³-hybridized carbons (Fsp3) is 0.286. The molecule has 0 spiro atoms. The molecule has 102 valence electrons. The Morgan fingerprint density at radius 1 is 1.40 bits per heavy atom. The predicted molar refractivity (Wildman–Crippen MR) is 71.4 cm³/mol. The molecule has 0 aromatic carbocycles. The molecule has 0 aliphatic carbocycles. The zero-order chi connectivity index (χ0) is 13.9. The maximum Gasteiger partial charge on any atom is 0.354 e. The lowest BCUT2D eigenvalue weighted by atomic mass is 10.0. The maximum absolute atomic E-state index is 11.3. The minimum absolute atomic E-state index is 0.112. The van der Waals surface area contributed by atoms with Crippen molar-refractivity contribution in [1.29, 1.82) is 0 Å². The average molecular weight is 270 g/mol. The molecule has 0 bridgehead atoms. The van der Waals surface area contributed by atoms with Crippen LogP contribution in [-0.2, 0) is 19.4 Å². The number of aromatic carboxylic acids is 1. The van der Waals surface area contributed by atoms with Crippen molar-refractivity contribution in [3.63, 3.8) is 0 Å². The number of rotatable bonds is 3. The van der Waals surface area contributed by atoms with E-state index in [9.17, 15) is 9.90 Å². The first kappa shape index (κ1) is 12.7. The molecule has 2 aromatic heterocycles. The highest BCUT2D eigenvalue weighted by atomic mass is 16.4. The van der Waals surface area contributed by atoms with Crippen molar-refractivity contribution < 1.29 is 9.90 Å². The van der Waals surface area contributed by atoms with Crippen molar-refractivity contribution in [1.82, 2.24) is 20.3 Å². The van der Waals surface area contributed by atoms with E-state index in [4.69, 9.17) is 0 Å². The van der Waals surface area contributed by atoms with Gasteiger partial charge >= 0.3 is 5.97 Å². The summed E-state index contributed by atoms with van der Waals surface area (Å²) in [5.41, 5.74) is 2.63. The quantitative estimate of drug-likeness (QED) is 0.858. The summed E-state index contributed by atoms with van der Waals surface area (Å²) in [6.45, 7) is 1.33. The van der Waals surface area contributed by atoms with E-state index in [1.165, 1.54) is 0 Å². The first-order valence-corrected chi connectivity index (χ1v) is 6.45. The zero-order valence-corrected chi connectivity index (χ0v) is 10.8. The number of hydrogen-bond donors (Lipinski definition) is 2. The van der Waals surface area contributed by atoms with E-state index in [1.807, 2.05) is 12.1 Å². The Kier molecular flexibility index (Phi) is 3.39. The van der Waals surface area contributed by atoms with Crippen LogP contribution in [0.5, 0.6) is 0 Å². The lowest BCUT2D eigenvalue weighted by molar-refractivity contribution is 0.0688. The molecule has 0 saturated heterocycles. The number of hydrogen-bond acceptors (Lipinski definition) is 5. The van der Waals surface area contributed by atoms with E-state index < -0.39 is 5.97 Å². The first-order chi connectivity index (χ1) is 9.74. The van der Waals surface area contributed by atoms with Crippen LogP contribution in [0, 0.1) is 0 Å². The van der Waals surface area contributed by atoms with E-state index in [0.717, 1.165) is 24.2 Å². The third kappa shape index (κ3) is 2.50. The van der Waals surface area contributed by atoms with E-state index in [0.29, 0.717) is 24.4 Å². The highest BCUT2D eigenvalue weighted by molar-refractivity contribution is 5.87. The van der Waals surface area contributed by atoms with Gasteiger partial charge in [-0.25, -0.2) is 14.8 Å². The van der Waals surface area contributed by atoms with Crippen molar-refractivity contribution >= 4 is 5.97 Å². The number of carbonyl (C=O) groups is 1. The standard InChI is InChI=1S/C14H14N4O2/c19-14(20)13-10-8-16-5-3-11(10)17-12(18-13)6-9-2-1-4-15-7-9/h1-2,4,7,16H,3,5-6,8H2,(H,19,20). The maximum atomic E-state index is 11.3. The van der Waals surface area contributed by atoms with Gasteiger partial charge in [-0.15, -0.1) is 0 Å². The molecule has 2 N–H and O–H groups in total. The topological polar surface area (TPSA) is 88.0 Å². The summed E-state index contributed by atoms with van der Waals surface area (Å²) >= 11 is 0. The van der Waals surface area contributed by atoms with Crippen molar-refractivity contribution in [3.8, 4) is 0 Å². The zero-order valence-electron chi connectivity index (χ0n) is 10.8. The SMILES string of the molecule is O=C(O)c1nc(Cc2cccnc2)nc2c1CNCC2. The number of nitrogens with one attached hydrogen (secondary N) is 1. The molecular weight excluding hydrogens is 256 g/mol. The number of aromatic nitrogens is 3. The second-order valence-electron chi connectivity index (χ2n) is 4.68.